The minimum absolute atomic E-state index is 0.544. The Balaban J connectivity index is 2.63. The predicted octanol–water partition coefficient (Wildman–Crippen LogP) is 4.03. The van der Waals surface area contributed by atoms with Crippen LogP contribution in [0.2, 0.25) is 0 Å². The smallest absolute Gasteiger partial charge is 0.166 e. The number of alkyl halides is 3. The van der Waals surface area contributed by atoms with Crippen molar-refractivity contribution < 1.29 is 13.2 Å². The second-order valence-corrected chi connectivity index (χ2v) is 4.04. The number of hydrogen-bond donors (Lipinski definition) is 0. The molecule has 0 amide bonds. The van der Waals surface area contributed by atoms with Crippen LogP contribution in [0.4, 0.5) is 13.2 Å². The molecule has 1 heterocycles. The second kappa shape index (κ2) is 2.98. The van der Waals surface area contributed by atoms with Crippen LogP contribution in [0.25, 0.3) is 10.8 Å². The second-order valence-electron chi connectivity index (χ2n) is 3.02. The molecular weight excluding hydrogens is 209 g/mol. The zero-order chi connectivity index (χ0) is 10.3. The van der Waals surface area contributed by atoms with E-state index in [1.54, 1.807) is 0 Å². The fourth-order valence-electron chi connectivity index (χ4n) is 1.30. The summed E-state index contributed by atoms with van der Waals surface area (Å²) in [5, 5.41) is 4.24. The molecule has 14 heavy (non-hydrogen) atoms. The Hall–Kier alpha value is -1.03. The van der Waals surface area contributed by atoms with Crippen LogP contribution in [0.5, 0.6) is 0 Å². The van der Waals surface area contributed by atoms with Crippen molar-refractivity contribution in [1.82, 2.24) is 0 Å². The SMILES string of the molecule is Cc1s[c]c2cc(C(F)(F)F)ccc12. The highest BCUT2D eigenvalue weighted by Gasteiger charge is 2.30. The maximum atomic E-state index is 12.3. The zero-order valence-corrected chi connectivity index (χ0v) is 8.09. The highest BCUT2D eigenvalue weighted by molar-refractivity contribution is 7.11. The Bertz CT molecular complexity index is 468. The van der Waals surface area contributed by atoms with Crippen molar-refractivity contribution in [2.45, 2.75) is 13.1 Å². The van der Waals surface area contributed by atoms with Crippen LogP contribution in [0, 0.1) is 12.3 Å². The number of fused-ring (bicyclic) bond motifs is 1. The minimum Gasteiger partial charge on any atom is -0.166 e. The summed E-state index contributed by atoms with van der Waals surface area (Å²) in [5.41, 5.74) is -0.612. The van der Waals surface area contributed by atoms with Crippen LogP contribution in [0.15, 0.2) is 18.2 Å². The quantitative estimate of drug-likeness (QED) is 0.622. The summed E-state index contributed by atoms with van der Waals surface area (Å²) in [6.07, 6.45) is -4.27. The van der Waals surface area contributed by atoms with Gasteiger partial charge in [0.05, 0.1) is 10.9 Å². The van der Waals surface area contributed by atoms with E-state index in [2.05, 4.69) is 5.38 Å². The molecule has 2 aromatic rings. The predicted molar refractivity (Wildman–Crippen MR) is 50.4 cm³/mol. The Morgan fingerprint density at radius 3 is 2.64 bits per heavy atom. The van der Waals surface area contributed by atoms with Gasteiger partial charge in [0.25, 0.3) is 0 Å². The summed E-state index contributed by atoms with van der Waals surface area (Å²) in [4.78, 5) is 0.994. The first-order valence-electron chi connectivity index (χ1n) is 3.96. The molecule has 0 atom stereocenters. The van der Waals surface area contributed by atoms with Gasteiger partial charge in [-0.1, -0.05) is 6.07 Å². The van der Waals surface area contributed by atoms with Crippen LogP contribution < -0.4 is 0 Å². The van der Waals surface area contributed by atoms with E-state index in [1.165, 1.54) is 17.4 Å². The van der Waals surface area contributed by atoms with Crippen molar-refractivity contribution in [2.75, 3.05) is 0 Å². The number of aryl methyl sites for hydroxylation is 1. The fraction of sp³-hybridized carbons (Fsp3) is 0.200. The monoisotopic (exact) mass is 215 g/mol. The van der Waals surface area contributed by atoms with Crippen LogP contribution in [-0.4, -0.2) is 0 Å². The largest absolute Gasteiger partial charge is 0.416 e. The summed E-state index contributed by atoms with van der Waals surface area (Å²) >= 11 is 1.34. The number of rotatable bonds is 0. The molecule has 2 rings (SSSR count). The van der Waals surface area contributed by atoms with Gasteiger partial charge in [0.15, 0.2) is 0 Å². The number of thiophene rings is 1. The van der Waals surface area contributed by atoms with E-state index >= 15 is 0 Å². The number of benzene rings is 1. The minimum atomic E-state index is -4.27. The first kappa shape index (κ1) is 9.52. The van der Waals surface area contributed by atoms with Gasteiger partial charge in [0.2, 0.25) is 0 Å². The topological polar surface area (TPSA) is 0 Å². The average molecular weight is 215 g/mol. The summed E-state index contributed by atoms with van der Waals surface area (Å²) in [6, 6.07) is 3.75. The van der Waals surface area contributed by atoms with Crippen molar-refractivity contribution in [1.29, 1.82) is 0 Å². The first-order valence-corrected chi connectivity index (χ1v) is 4.78. The average Bonchev–Trinajstić information content (AvgIpc) is 2.46. The lowest BCUT2D eigenvalue weighted by molar-refractivity contribution is -0.137. The van der Waals surface area contributed by atoms with Crippen molar-refractivity contribution in [3.05, 3.63) is 34.0 Å². The van der Waals surface area contributed by atoms with Gasteiger partial charge in [-0.15, -0.1) is 11.3 Å². The maximum absolute atomic E-state index is 12.3. The lowest BCUT2D eigenvalue weighted by atomic mass is 10.1. The van der Waals surface area contributed by atoms with Crippen LogP contribution >= 0.6 is 11.3 Å². The molecule has 0 N–H and O–H groups in total. The van der Waals surface area contributed by atoms with Gasteiger partial charge >= 0.3 is 6.18 Å². The maximum Gasteiger partial charge on any atom is 0.416 e. The third-order valence-corrected chi connectivity index (χ3v) is 2.89. The van der Waals surface area contributed by atoms with Crippen molar-refractivity contribution in [2.24, 2.45) is 0 Å². The Morgan fingerprint density at radius 1 is 1.29 bits per heavy atom. The molecule has 0 aliphatic carbocycles. The third-order valence-electron chi connectivity index (χ3n) is 2.04. The van der Waals surface area contributed by atoms with Crippen molar-refractivity contribution in [3.63, 3.8) is 0 Å². The highest BCUT2D eigenvalue weighted by Crippen LogP contribution is 2.33. The third kappa shape index (κ3) is 1.50. The van der Waals surface area contributed by atoms with Crippen molar-refractivity contribution >= 4 is 22.1 Å². The van der Waals surface area contributed by atoms with Gasteiger partial charge in [-0.25, -0.2) is 0 Å². The number of halogens is 3. The standard InChI is InChI=1S/C10H6F3S/c1-6-9-3-2-8(10(11,12)13)4-7(9)5-14-6/h2-4H,1H3. The molecule has 1 aromatic carbocycles. The van der Waals surface area contributed by atoms with Gasteiger partial charge in [0.1, 0.15) is 0 Å². The zero-order valence-electron chi connectivity index (χ0n) is 7.27. The van der Waals surface area contributed by atoms with E-state index in [0.717, 1.165) is 22.4 Å². The lowest BCUT2D eigenvalue weighted by Gasteiger charge is -2.05. The summed E-state index contributed by atoms with van der Waals surface area (Å²) in [7, 11) is 0. The van der Waals surface area contributed by atoms with Crippen LogP contribution in [0.1, 0.15) is 10.4 Å². The molecule has 0 bridgehead atoms. The molecule has 1 radical (unpaired) electrons. The molecule has 0 nitrogen and oxygen atoms in total. The molecule has 4 heteroatoms. The van der Waals surface area contributed by atoms with Gasteiger partial charge in [-0.05, 0) is 24.4 Å². The van der Waals surface area contributed by atoms with E-state index in [9.17, 15) is 13.2 Å². The lowest BCUT2D eigenvalue weighted by Crippen LogP contribution is -2.03. The Kier molecular flexibility index (Phi) is 2.03. The molecule has 0 aliphatic heterocycles. The fourth-order valence-corrected chi connectivity index (χ4v) is 2.02. The summed E-state index contributed by atoms with van der Waals surface area (Å²) in [5.74, 6) is 0. The number of hydrogen-bond acceptors (Lipinski definition) is 1. The Morgan fingerprint density at radius 2 is 2.00 bits per heavy atom. The van der Waals surface area contributed by atoms with E-state index in [0.29, 0.717) is 5.39 Å². The molecule has 0 unspecified atom stereocenters. The van der Waals surface area contributed by atoms with Gasteiger partial charge < -0.3 is 0 Å². The van der Waals surface area contributed by atoms with Gasteiger partial charge in [0, 0.05) is 10.3 Å². The van der Waals surface area contributed by atoms with Crippen molar-refractivity contribution in [3.8, 4) is 0 Å². The molecule has 0 spiro atoms. The normalized spacial score (nSPS) is 12.3. The molecule has 0 saturated heterocycles. The summed E-state index contributed by atoms with van der Waals surface area (Å²) in [6.45, 7) is 1.87. The van der Waals surface area contributed by atoms with Crippen LogP contribution in [0.3, 0.4) is 0 Å². The van der Waals surface area contributed by atoms with Gasteiger partial charge in [-0.2, -0.15) is 13.2 Å². The van der Waals surface area contributed by atoms with E-state index in [-0.39, 0.29) is 0 Å². The molecule has 1 aromatic heterocycles. The molecular formula is C10H6F3S. The molecule has 73 valence electrons. The first-order chi connectivity index (χ1) is 6.48. The van der Waals surface area contributed by atoms with E-state index in [1.807, 2.05) is 6.92 Å². The van der Waals surface area contributed by atoms with E-state index in [4.69, 9.17) is 0 Å². The molecule has 0 aliphatic rings. The molecule has 0 fully saturated rings. The Labute approximate surface area is 83.0 Å². The van der Waals surface area contributed by atoms with E-state index < -0.39 is 11.7 Å². The van der Waals surface area contributed by atoms with Gasteiger partial charge in [-0.3, -0.25) is 0 Å². The van der Waals surface area contributed by atoms with Crippen LogP contribution in [-0.2, 0) is 6.18 Å². The highest BCUT2D eigenvalue weighted by atomic mass is 32.1. The molecule has 0 saturated carbocycles. The summed E-state index contributed by atoms with van der Waals surface area (Å²) < 4.78 is 36.9.